The molecule has 0 aliphatic heterocycles. The van der Waals surface area contributed by atoms with Gasteiger partial charge >= 0.3 is 0 Å². The van der Waals surface area contributed by atoms with Crippen LogP contribution < -0.4 is 10.6 Å². The van der Waals surface area contributed by atoms with Crippen LogP contribution in [0.3, 0.4) is 0 Å². The number of furan rings is 1. The molecule has 0 aliphatic rings. The third kappa shape index (κ3) is 4.61. The Morgan fingerprint density at radius 2 is 2.12 bits per heavy atom. The summed E-state index contributed by atoms with van der Waals surface area (Å²) < 4.78 is 7.46. The Balaban J connectivity index is 2.18. The number of hydrogen-bond donors (Lipinski definition) is 2. The molecule has 132 valence electrons. The lowest BCUT2D eigenvalue weighted by Crippen LogP contribution is -3.11. The van der Waals surface area contributed by atoms with E-state index in [9.17, 15) is 4.79 Å². The number of nitrogens with two attached hydrogens (primary N) is 1. The fraction of sp³-hybridized carbons (Fsp3) is 0.562. The molecule has 0 radical (unpaired) electrons. The number of nitrogens with one attached hydrogen (secondary N) is 1. The van der Waals surface area contributed by atoms with Crippen molar-refractivity contribution >= 4 is 17.7 Å². The Morgan fingerprint density at radius 1 is 1.38 bits per heavy atom. The summed E-state index contributed by atoms with van der Waals surface area (Å²) in [7, 11) is 0. The molecule has 7 nitrogen and oxygen atoms in total. The second-order valence-corrected chi connectivity index (χ2v) is 6.61. The predicted octanol–water partition coefficient (Wildman–Crippen LogP) is 0.739. The van der Waals surface area contributed by atoms with Crippen molar-refractivity contribution in [1.29, 1.82) is 0 Å². The Bertz CT molecular complexity index is 663. The number of thioether (sulfide) groups is 1. The number of hydrogen-bond acceptors (Lipinski definition) is 5. The molecule has 8 heteroatoms. The van der Waals surface area contributed by atoms with Crippen LogP contribution in [0.5, 0.6) is 0 Å². The molecule has 3 N–H and O–H groups in total. The minimum atomic E-state index is -0.358. The Hall–Kier alpha value is -1.80. The summed E-state index contributed by atoms with van der Waals surface area (Å²) in [5, 5.41) is 9.27. The highest BCUT2D eigenvalue weighted by Gasteiger charge is 2.18. The van der Waals surface area contributed by atoms with Gasteiger partial charge in [0, 0.05) is 13.0 Å². The summed E-state index contributed by atoms with van der Waals surface area (Å²) in [6.45, 7) is 10.4. The Morgan fingerprint density at radius 3 is 2.71 bits per heavy atom. The smallest absolute Gasteiger partial charge is 0.227 e. The minimum Gasteiger partial charge on any atom is -0.469 e. The Labute approximate surface area is 146 Å². The highest BCUT2D eigenvalue weighted by Crippen LogP contribution is 2.27. The summed E-state index contributed by atoms with van der Waals surface area (Å²) in [5.41, 5.74) is 6.19. The largest absolute Gasteiger partial charge is 0.469 e. The molecule has 0 bridgehead atoms. The highest BCUT2D eigenvalue weighted by molar-refractivity contribution is 7.99. The molecule has 1 amide bonds. The molecule has 0 saturated heterocycles. The maximum Gasteiger partial charge on any atom is 0.227 e. The molecule has 0 aliphatic carbocycles. The van der Waals surface area contributed by atoms with Crippen LogP contribution in [0, 0.1) is 6.92 Å². The molecule has 2 heterocycles. The van der Waals surface area contributed by atoms with E-state index >= 15 is 0 Å². The molecule has 24 heavy (non-hydrogen) atoms. The van der Waals surface area contributed by atoms with Crippen molar-refractivity contribution < 1.29 is 14.1 Å². The quantitative estimate of drug-likeness (QED) is 0.616. The van der Waals surface area contributed by atoms with Gasteiger partial charge in [0.1, 0.15) is 5.76 Å². The molecule has 0 unspecified atom stereocenters. The van der Waals surface area contributed by atoms with E-state index in [4.69, 9.17) is 10.2 Å². The average Bonchev–Trinajstić information content (AvgIpc) is 3.15. The second-order valence-electron chi connectivity index (χ2n) is 5.66. The van der Waals surface area contributed by atoms with Crippen molar-refractivity contribution in [1.82, 2.24) is 14.8 Å². The molecule has 2 aromatic rings. The number of primary amides is 1. The van der Waals surface area contributed by atoms with Crippen LogP contribution in [0.25, 0.3) is 11.4 Å². The molecular formula is C16H26N5O2S+. The normalized spacial score (nSPS) is 11.3. The van der Waals surface area contributed by atoms with E-state index in [1.807, 2.05) is 13.0 Å². The number of nitrogens with zero attached hydrogens (tertiary/aromatic N) is 3. The van der Waals surface area contributed by atoms with Crippen molar-refractivity contribution in [3.63, 3.8) is 0 Å². The van der Waals surface area contributed by atoms with Crippen molar-refractivity contribution in [3.05, 3.63) is 18.1 Å². The molecule has 0 saturated carbocycles. The van der Waals surface area contributed by atoms with E-state index in [-0.39, 0.29) is 11.7 Å². The van der Waals surface area contributed by atoms with Crippen LogP contribution in [-0.4, -0.2) is 46.1 Å². The van der Waals surface area contributed by atoms with Gasteiger partial charge in [-0.05, 0) is 26.8 Å². The van der Waals surface area contributed by atoms with Gasteiger partial charge in [-0.15, -0.1) is 10.2 Å². The van der Waals surface area contributed by atoms with Gasteiger partial charge in [0.2, 0.25) is 5.91 Å². The first-order chi connectivity index (χ1) is 11.6. The monoisotopic (exact) mass is 352 g/mol. The van der Waals surface area contributed by atoms with Gasteiger partial charge in [-0.2, -0.15) is 0 Å². The van der Waals surface area contributed by atoms with Crippen LogP contribution in [0.1, 0.15) is 26.0 Å². The van der Waals surface area contributed by atoms with Crippen LogP contribution in [-0.2, 0) is 11.3 Å². The highest BCUT2D eigenvalue weighted by atomic mass is 32.2. The number of rotatable bonds is 10. The molecule has 2 rings (SSSR count). The molecule has 0 aromatic carbocycles. The number of amides is 1. The minimum absolute atomic E-state index is 0.198. The summed E-state index contributed by atoms with van der Waals surface area (Å²) in [6, 6.07) is 1.90. The van der Waals surface area contributed by atoms with Crippen molar-refractivity contribution in [2.45, 2.75) is 38.9 Å². The van der Waals surface area contributed by atoms with Gasteiger partial charge < -0.3 is 19.6 Å². The summed E-state index contributed by atoms with van der Waals surface area (Å²) >= 11 is 1.33. The molecular weight excluding hydrogens is 326 g/mol. The lowest BCUT2D eigenvalue weighted by Gasteiger charge is -2.16. The van der Waals surface area contributed by atoms with Gasteiger partial charge in [0.25, 0.3) is 0 Å². The maximum absolute atomic E-state index is 11.1. The fourth-order valence-corrected chi connectivity index (χ4v) is 3.34. The lowest BCUT2D eigenvalue weighted by atomic mass is 10.2. The lowest BCUT2D eigenvalue weighted by molar-refractivity contribution is -0.896. The summed E-state index contributed by atoms with van der Waals surface area (Å²) in [5.74, 6) is 1.43. The van der Waals surface area contributed by atoms with Crippen LogP contribution in [0.4, 0.5) is 0 Å². The predicted molar refractivity (Wildman–Crippen MR) is 93.9 cm³/mol. The van der Waals surface area contributed by atoms with Gasteiger partial charge in [0.15, 0.2) is 11.0 Å². The van der Waals surface area contributed by atoms with Crippen LogP contribution in [0.15, 0.2) is 21.9 Å². The van der Waals surface area contributed by atoms with E-state index in [1.165, 1.54) is 11.8 Å². The van der Waals surface area contributed by atoms with Crippen molar-refractivity contribution in [2.75, 3.05) is 25.4 Å². The fourth-order valence-electron chi connectivity index (χ4n) is 2.64. The zero-order valence-corrected chi connectivity index (χ0v) is 15.4. The number of carbonyl (C=O) groups is 1. The van der Waals surface area contributed by atoms with E-state index in [0.717, 1.165) is 54.9 Å². The molecule has 0 spiro atoms. The van der Waals surface area contributed by atoms with E-state index in [2.05, 4.69) is 28.6 Å². The first kappa shape index (κ1) is 18.5. The number of carbonyl (C=O) groups excluding carboxylic acids is 1. The van der Waals surface area contributed by atoms with E-state index < -0.39 is 0 Å². The number of aryl methyl sites for hydroxylation is 1. The van der Waals surface area contributed by atoms with E-state index in [1.54, 1.807) is 11.2 Å². The zero-order valence-electron chi connectivity index (χ0n) is 14.5. The van der Waals surface area contributed by atoms with Gasteiger partial charge in [0.05, 0.1) is 37.2 Å². The molecule has 2 aromatic heterocycles. The van der Waals surface area contributed by atoms with Crippen LogP contribution in [0.2, 0.25) is 0 Å². The van der Waals surface area contributed by atoms with E-state index in [0.29, 0.717) is 0 Å². The SMILES string of the molecule is CC[NH+](CC)CCCn1c(SCC(N)=O)nnc1-c1ccoc1C. The number of aromatic nitrogens is 3. The van der Waals surface area contributed by atoms with Gasteiger partial charge in [-0.25, -0.2) is 0 Å². The standard InChI is InChI=1S/C16H25N5O2S/c1-4-20(5-2)8-6-9-21-15(13-7-10-23-12(13)3)18-19-16(21)24-11-14(17)22/h7,10H,4-6,8-9,11H2,1-3H3,(H2,17,22)/p+1. The number of quaternary nitrogens is 1. The summed E-state index contributed by atoms with van der Waals surface area (Å²) in [6.07, 6.45) is 2.67. The zero-order chi connectivity index (χ0) is 17.5. The third-order valence-corrected chi connectivity index (χ3v) is 5.06. The first-order valence-corrected chi connectivity index (χ1v) is 9.27. The second kappa shape index (κ2) is 8.89. The van der Waals surface area contributed by atoms with Crippen molar-refractivity contribution in [3.8, 4) is 11.4 Å². The molecule has 0 fully saturated rings. The first-order valence-electron chi connectivity index (χ1n) is 8.29. The molecule has 0 atom stereocenters. The average molecular weight is 352 g/mol. The summed E-state index contributed by atoms with van der Waals surface area (Å²) in [4.78, 5) is 12.6. The Kier molecular flexibility index (Phi) is 6.86. The van der Waals surface area contributed by atoms with Gasteiger partial charge in [-0.1, -0.05) is 11.8 Å². The van der Waals surface area contributed by atoms with Crippen molar-refractivity contribution in [2.24, 2.45) is 5.73 Å². The topological polar surface area (TPSA) is 91.4 Å². The van der Waals surface area contributed by atoms with Crippen LogP contribution >= 0.6 is 11.8 Å². The van der Waals surface area contributed by atoms with Gasteiger partial charge in [-0.3, -0.25) is 4.79 Å². The third-order valence-electron chi connectivity index (χ3n) is 4.07. The maximum atomic E-state index is 11.1.